The molecule has 1 saturated carbocycles. The van der Waals surface area contributed by atoms with Gasteiger partial charge in [0.05, 0.1) is 12.7 Å². The summed E-state index contributed by atoms with van der Waals surface area (Å²) in [5, 5.41) is 9.71. The summed E-state index contributed by atoms with van der Waals surface area (Å²) >= 11 is 0. The van der Waals surface area contributed by atoms with E-state index in [9.17, 15) is 14.7 Å². The van der Waals surface area contributed by atoms with Crippen molar-refractivity contribution < 1.29 is 19.4 Å². The predicted octanol–water partition coefficient (Wildman–Crippen LogP) is 1.70. The van der Waals surface area contributed by atoms with Gasteiger partial charge in [0.1, 0.15) is 5.41 Å². The predicted molar refractivity (Wildman–Crippen MR) is 63.4 cm³/mol. The summed E-state index contributed by atoms with van der Waals surface area (Å²) in [4.78, 5) is 24.3. The van der Waals surface area contributed by atoms with Gasteiger partial charge in [-0.3, -0.25) is 9.59 Å². The van der Waals surface area contributed by atoms with Crippen LogP contribution in [-0.2, 0) is 14.3 Å². The Bertz CT molecular complexity index is 298. The van der Waals surface area contributed by atoms with E-state index in [1.807, 2.05) is 0 Å². The quantitative estimate of drug-likeness (QED) is 0.602. The SMILES string of the molecule is CCOC(=O)C1(C(C)C(C)O)CCCCC1=O. The average molecular weight is 242 g/mol. The number of rotatable bonds is 4. The van der Waals surface area contributed by atoms with Crippen molar-refractivity contribution in [1.29, 1.82) is 0 Å². The smallest absolute Gasteiger partial charge is 0.319 e. The van der Waals surface area contributed by atoms with Gasteiger partial charge in [-0.05, 0) is 26.7 Å². The number of ketones is 1. The van der Waals surface area contributed by atoms with Crippen LogP contribution in [-0.4, -0.2) is 29.6 Å². The fourth-order valence-electron chi connectivity index (χ4n) is 2.61. The van der Waals surface area contributed by atoms with E-state index in [2.05, 4.69) is 0 Å². The molecule has 0 bridgehead atoms. The van der Waals surface area contributed by atoms with E-state index < -0.39 is 23.4 Å². The summed E-state index contributed by atoms with van der Waals surface area (Å²) in [6, 6.07) is 0. The number of ether oxygens (including phenoxy) is 1. The minimum atomic E-state index is -1.12. The zero-order chi connectivity index (χ0) is 13.1. The van der Waals surface area contributed by atoms with Crippen LogP contribution in [0.25, 0.3) is 0 Å². The topological polar surface area (TPSA) is 63.6 Å². The maximum absolute atomic E-state index is 12.2. The van der Waals surface area contributed by atoms with Crippen LogP contribution in [0.2, 0.25) is 0 Å². The van der Waals surface area contributed by atoms with Crippen molar-refractivity contribution in [2.75, 3.05) is 6.61 Å². The van der Waals surface area contributed by atoms with Crippen LogP contribution in [0.5, 0.6) is 0 Å². The van der Waals surface area contributed by atoms with Gasteiger partial charge >= 0.3 is 5.97 Å². The molecule has 0 aliphatic heterocycles. The molecule has 1 aliphatic rings. The molecule has 0 heterocycles. The average Bonchev–Trinajstić information content (AvgIpc) is 2.29. The van der Waals surface area contributed by atoms with Crippen molar-refractivity contribution >= 4 is 11.8 Å². The molecule has 1 N–H and O–H groups in total. The monoisotopic (exact) mass is 242 g/mol. The van der Waals surface area contributed by atoms with Crippen LogP contribution in [0.1, 0.15) is 46.5 Å². The van der Waals surface area contributed by atoms with Crippen molar-refractivity contribution in [1.82, 2.24) is 0 Å². The number of hydrogen-bond acceptors (Lipinski definition) is 4. The molecule has 0 radical (unpaired) electrons. The van der Waals surface area contributed by atoms with E-state index in [4.69, 9.17) is 4.74 Å². The molecule has 1 rings (SSSR count). The molecule has 1 fully saturated rings. The van der Waals surface area contributed by atoms with Crippen LogP contribution in [0, 0.1) is 11.3 Å². The number of Topliss-reactive ketones (excluding diaryl/α,β-unsaturated/α-hetero) is 1. The molecule has 98 valence electrons. The second-order valence-electron chi connectivity index (χ2n) is 4.85. The van der Waals surface area contributed by atoms with Crippen molar-refractivity contribution in [2.24, 2.45) is 11.3 Å². The lowest BCUT2D eigenvalue weighted by atomic mass is 9.64. The van der Waals surface area contributed by atoms with Crippen LogP contribution < -0.4 is 0 Å². The van der Waals surface area contributed by atoms with Gasteiger partial charge in [0.25, 0.3) is 0 Å². The molecule has 0 amide bonds. The molecule has 17 heavy (non-hydrogen) atoms. The van der Waals surface area contributed by atoms with E-state index in [0.717, 1.165) is 12.8 Å². The molecular formula is C13H22O4. The van der Waals surface area contributed by atoms with Gasteiger partial charge in [0.2, 0.25) is 0 Å². The Kier molecular flexibility index (Phi) is 4.69. The number of hydrogen-bond donors (Lipinski definition) is 1. The number of aliphatic hydroxyl groups is 1. The fraction of sp³-hybridized carbons (Fsp3) is 0.846. The van der Waals surface area contributed by atoms with Crippen LogP contribution in [0.4, 0.5) is 0 Å². The Labute approximate surface area is 102 Å². The second-order valence-corrected chi connectivity index (χ2v) is 4.85. The van der Waals surface area contributed by atoms with Gasteiger partial charge in [0.15, 0.2) is 5.78 Å². The third-order valence-corrected chi connectivity index (χ3v) is 3.86. The number of carbonyl (C=O) groups is 2. The summed E-state index contributed by atoms with van der Waals surface area (Å²) in [5.74, 6) is -0.928. The first kappa shape index (κ1) is 14.2. The highest BCUT2D eigenvalue weighted by Crippen LogP contribution is 2.42. The minimum Gasteiger partial charge on any atom is -0.465 e. The van der Waals surface area contributed by atoms with Crippen molar-refractivity contribution in [3.63, 3.8) is 0 Å². The Balaban J connectivity index is 3.06. The van der Waals surface area contributed by atoms with E-state index in [0.29, 0.717) is 12.8 Å². The summed E-state index contributed by atoms with van der Waals surface area (Å²) in [6.07, 6.45) is 1.88. The minimum absolute atomic E-state index is 0.0735. The van der Waals surface area contributed by atoms with Crippen molar-refractivity contribution in [2.45, 2.75) is 52.6 Å². The Morgan fingerprint density at radius 1 is 1.47 bits per heavy atom. The van der Waals surface area contributed by atoms with Crippen LogP contribution >= 0.6 is 0 Å². The second kappa shape index (κ2) is 5.63. The molecule has 3 unspecified atom stereocenters. The Morgan fingerprint density at radius 2 is 2.12 bits per heavy atom. The lowest BCUT2D eigenvalue weighted by Gasteiger charge is -2.39. The normalized spacial score (nSPS) is 28.6. The number of aliphatic hydroxyl groups excluding tert-OH is 1. The van der Waals surface area contributed by atoms with Gasteiger partial charge < -0.3 is 9.84 Å². The highest BCUT2D eigenvalue weighted by atomic mass is 16.5. The van der Waals surface area contributed by atoms with Crippen LogP contribution in [0.3, 0.4) is 0 Å². The van der Waals surface area contributed by atoms with E-state index >= 15 is 0 Å². The lowest BCUT2D eigenvalue weighted by Crippen LogP contribution is -2.50. The first-order chi connectivity index (χ1) is 7.96. The third-order valence-electron chi connectivity index (χ3n) is 3.86. The first-order valence-corrected chi connectivity index (χ1v) is 6.35. The summed E-state index contributed by atoms with van der Waals surface area (Å²) in [6.45, 7) is 5.37. The fourth-order valence-corrected chi connectivity index (χ4v) is 2.61. The molecule has 4 heteroatoms. The molecule has 0 aromatic carbocycles. The molecule has 4 nitrogen and oxygen atoms in total. The summed E-state index contributed by atoms with van der Waals surface area (Å²) < 4.78 is 5.06. The van der Waals surface area contributed by atoms with Crippen molar-refractivity contribution in [3.8, 4) is 0 Å². The van der Waals surface area contributed by atoms with Crippen molar-refractivity contribution in [3.05, 3.63) is 0 Å². The van der Waals surface area contributed by atoms with Gasteiger partial charge in [-0.25, -0.2) is 0 Å². The molecule has 0 spiro atoms. The van der Waals surface area contributed by atoms with Gasteiger partial charge in [-0.1, -0.05) is 13.3 Å². The molecule has 0 aromatic rings. The third kappa shape index (κ3) is 2.51. The largest absolute Gasteiger partial charge is 0.465 e. The summed E-state index contributed by atoms with van der Waals surface area (Å²) in [5.41, 5.74) is -1.12. The standard InChI is InChI=1S/C13H22O4/c1-4-17-12(16)13(9(2)10(3)14)8-6-5-7-11(13)15/h9-10,14H,4-8H2,1-3H3. The van der Waals surface area contributed by atoms with Crippen LogP contribution in [0.15, 0.2) is 0 Å². The highest BCUT2D eigenvalue weighted by molar-refractivity contribution is 6.04. The lowest BCUT2D eigenvalue weighted by molar-refractivity contribution is -0.169. The molecule has 1 aliphatic carbocycles. The maximum atomic E-state index is 12.2. The van der Waals surface area contributed by atoms with E-state index in [1.54, 1.807) is 20.8 Å². The molecular weight excluding hydrogens is 220 g/mol. The number of esters is 1. The zero-order valence-electron chi connectivity index (χ0n) is 10.9. The van der Waals surface area contributed by atoms with Gasteiger partial charge in [0, 0.05) is 12.3 Å². The molecule has 3 atom stereocenters. The Hall–Kier alpha value is -0.900. The van der Waals surface area contributed by atoms with Gasteiger partial charge in [-0.15, -0.1) is 0 Å². The molecule has 0 aromatic heterocycles. The zero-order valence-corrected chi connectivity index (χ0v) is 10.9. The van der Waals surface area contributed by atoms with E-state index in [1.165, 1.54) is 0 Å². The molecule has 0 saturated heterocycles. The highest BCUT2D eigenvalue weighted by Gasteiger charge is 2.53. The summed E-state index contributed by atoms with van der Waals surface area (Å²) in [7, 11) is 0. The Morgan fingerprint density at radius 3 is 2.59 bits per heavy atom. The van der Waals surface area contributed by atoms with E-state index in [-0.39, 0.29) is 12.4 Å². The van der Waals surface area contributed by atoms with Gasteiger partial charge in [-0.2, -0.15) is 0 Å². The number of carbonyl (C=O) groups excluding carboxylic acids is 2. The first-order valence-electron chi connectivity index (χ1n) is 6.35. The maximum Gasteiger partial charge on any atom is 0.319 e.